The highest BCUT2D eigenvalue weighted by Crippen LogP contribution is 2.39. The van der Waals surface area contributed by atoms with Crippen molar-refractivity contribution in [1.82, 2.24) is 19.9 Å². The van der Waals surface area contributed by atoms with Gasteiger partial charge in [0.25, 0.3) is 0 Å². The molecule has 1 atom stereocenters. The van der Waals surface area contributed by atoms with E-state index in [-0.39, 0.29) is 11.9 Å². The molecule has 180 valence electrons. The highest BCUT2D eigenvalue weighted by atomic mass is 16.2. The number of para-hydroxylation sites is 2. The molecule has 35 heavy (non-hydrogen) atoms. The first kappa shape index (κ1) is 22.3. The Labute approximate surface area is 207 Å². The second-order valence-corrected chi connectivity index (χ2v) is 10.4. The van der Waals surface area contributed by atoms with Crippen LogP contribution in [0.2, 0.25) is 0 Å². The molecule has 5 heteroatoms. The molecule has 6 rings (SSSR count). The van der Waals surface area contributed by atoms with Crippen LogP contribution in [0.4, 0.5) is 0 Å². The Morgan fingerprint density at radius 2 is 1.63 bits per heavy atom. The fourth-order valence-electron chi connectivity index (χ4n) is 6.27. The highest BCUT2D eigenvalue weighted by Gasteiger charge is 2.35. The van der Waals surface area contributed by atoms with E-state index in [0.717, 1.165) is 59.0 Å². The van der Waals surface area contributed by atoms with Crippen molar-refractivity contribution < 1.29 is 4.79 Å². The minimum Gasteiger partial charge on any atom is -0.352 e. The second kappa shape index (κ2) is 9.80. The van der Waals surface area contributed by atoms with Gasteiger partial charge in [-0.2, -0.15) is 0 Å². The van der Waals surface area contributed by atoms with E-state index < -0.39 is 0 Å². The molecule has 0 bridgehead atoms. The van der Waals surface area contributed by atoms with Gasteiger partial charge in [-0.25, -0.2) is 4.98 Å². The summed E-state index contributed by atoms with van der Waals surface area (Å²) in [5, 5.41) is 4.57. The van der Waals surface area contributed by atoms with Crippen LogP contribution >= 0.6 is 0 Å². The number of nitrogens with one attached hydrogen (secondary N) is 1. The lowest BCUT2D eigenvalue weighted by atomic mass is 9.82. The van der Waals surface area contributed by atoms with Crippen LogP contribution in [0.25, 0.3) is 33.3 Å². The summed E-state index contributed by atoms with van der Waals surface area (Å²) < 4.78 is 2.26. The van der Waals surface area contributed by atoms with E-state index >= 15 is 0 Å². The molecule has 0 spiro atoms. The number of pyridine rings is 1. The number of fused-ring (bicyclic) bond motifs is 2. The average molecular weight is 467 g/mol. The number of nitrogens with zero attached hydrogens (tertiary/aromatic N) is 3. The molecular weight excluding hydrogens is 432 g/mol. The SMILES string of the molecule is O=C(NC1CCCCC1)C(C1CCCCC1)n1c(-c2ccc3ncccc3c2)nc2ccccc21. The smallest absolute Gasteiger partial charge is 0.243 e. The van der Waals surface area contributed by atoms with Crippen LogP contribution in [-0.2, 0) is 4.79 Å². The molecule has 4 aromatic rings. The first-order valence-electron chi connectivity index (χ1n) is 13.4. The van der Waals surface area contributed by atoms with Gasteiger partial charge in [-0.05, 0) is 68.0 Å². The topological polar surface area (TPSA) is 59.8 Å². The molecule has 2 aliphatic rings. The van der Waals surface area contributed by atoms with Gasteiger partial charge in [0, 0.05) is 23.2 Å². The summed E-state index contributed by atoms with van der Waals surface area (Å²) in [6.45, 7) is 0. The zero-order chi connectivity index (χ0) is 23.6. The van der Waals surface area contributed by atoms with Crippen molar-refractivity contribution >= 4 is 27.8 Å². The predicted molar refractivity (Wildman–Crippen MR) is 141 cm³/mol. The monoisotopic (exact) mass is 466 g/mol. The van der Waals surface area contributed by atoms with Gasteiger partial charge in [0.05, 0.1) is 16.6 Å². The van der Waals surface area contributed by atoms with Gasteiger partial charge < -0.3 is 9.88 Å². The van der Waals surface area contributed by atoms with Crippen LogP contribution in [0.15, 0.2) is 60.8 Å². The fraction of sp³-hybridized carbons (Fsp3) is 0.433. The molecule has 2 aromatic carbocycles. The Bertz CT molecular complexity index is 1330. The molecule has 2 saturated carbocycles. The molecule has 1 unspecified atom stereocenters. The van der Waals surface area contributed by atoms with E-state index in [4.69, 9.17) is 4.98 Å². The minimum absolute atomic E-state index is 0.177. The van der Waals surface area contributed by atoms with E-state index in [1.54, 1.807) is 0 Å². The molecule has 1 amide bonds. The Balaban J connectivity index is 1.48. The number of carbonyl (C=O) groups excluding carboxylic acids is 1. The summed E-state index contributed by atoms with van der Waals surface area (Å²) in [5.74, 6) is 1.38. The van der Waals surface area contributed by atoms with Gasteiger partial charge in [-0.15, -0.1) is 0 Å². The first-order chi connectivity index (χ1) is 17.3. The van der Waals surface area contributed by atoms with E-state index in [1.165, 1.54) is 38.5 Å². The van der Waals surface area contributed by atoms with Gasteiger partial charge in [-0.3, -0.25) is 9.78 Å². The number of aromatic nitrogens is 3. The number of hydrogen-bond acceptors (Lipinski definition) is 3. The Hall–Kier alpha value is -3.21. The first-order valence-corrected chi connectivity index (χ1v) is 13.4. The molecule has 0 aliphatic heterocycles. The number of amides is 1. The van der Waals surface area contributed by atoms with Crippen LogP contribution in [0.1, 0.15) is 70.3 Å². The molecule has 0 radical (unpaired) electrons. The number of benzene rings is 2. The zero-order valence-electron chi connectivity index (χ0n) is 20.3. The Kier molecular flexibility index (Phi) is 6.24. The fourth-order valence-corrected chi connectivity index (χ4v) is 6.27. The van der Waals surface area contributed by atoms with Gasteiger partial charge in [0.15, 0.2) is 0 Å². The molecule has 5 nitrogen and oxygen atoms in total. The summed E-state index contributed by atoms with van der Waals surface area (Å²) in [6, 6.07) is 18.7. The van der Waals surface area contributed by atoms with Crippen molar-refractivity contribution in [3.8, 4) is 11.4 Å². The molecular formula is C30H34N4O. The summed E-state index contributed by atoms with van der Waals surface area (Å²) >= 11 is 0. The van der Waals surface area contributed by atoms with E-state index in [9.17, 15) is 4.79 Å². The van der Waals surface area contributed by atoms with Crippen LogP contribution in [-0.4, -0.2) is 26.5 Å². The maximum Gasteiger partial charge on any atom is 0.243 e. The third kappa shape index (κ3) is 4.44. The third-order valence-electron chi connectivity index (χ3n) is 8.05. The Morgan fingerprint density at radius 1 is 0.857 bits per heavy atom. The van der Waals surface area contributed by atoms with E-state index in [2.05, 4.69) is 57.3 Å². The van der Waals surface area contributed by atoms with Crippen molar-refractivity contribution in [3.63, 3.8) is 0 Å². The summed E-state index contributed by atoms with van der Waals surface area (Å²) in [4.78, 5) is 23.7. The van der Waals surface area contributed by atoms with Gasteiger partial charge in [0.1, 0.15) is 11.9 Å². The normalized spacial score (nSPS) is 18.6. The maximum absolute atomic E-state index is 14.1. The largest absolute Gasteiger partial charge is 0.352 e. The lowest BCUT2D eigenvalue weighted by Gasteiger charge is -2.33. The number of carbonyl (C=O) groups is 1. The van der Waals surface area contributed by atoms with Crippen molar-refractivity contribution in [2.45, 2.75) is 76.3 Å². The lowest BCUT2D eigenvalue weighted by Crippen LogP contribution is -2.43. The Morgan fingerprint density at radius 3 is 2.46 bits per heavy atom. The maximum atomic E-state index is 14.1. The zero-order valence-corrected chi connectivity index (χ0v) is 20.3. The van der Waals surface area contributed by atoms with Crippen molar-refractivity contribution in [2.24, 2.45) is 5.92 Å². The average Bonchev–Trinajstić information content (AvgIpc) is 3.29. The van der Waals surface area contributed by atoms with Gasteiger partial charge in [-0.1, -0.05) is 56.7 Å². The standard InChI is InChI=1S/C30H34N4O/c35-30(32-24-13-5-2-6-14-24)28(21-10-3-1-4-11-21)34-27-16-8-7-15-26(27)33-29(34)23-17-18-25-22(20-23)12-9-19-31-25/h7-9,12,15-21,24,28H,1-6,10-11,13-14H2,(H,32,35). The molecule has 1 N–H and O–H groups in total. The van der Waals surface area contributed by atoms with Crippen LogP contribution in [0, 0.1) is 5.92 Å². The van der Waals surface area contributed by atoms with Crippen molar-refractivity contribution in [3.05, 3.63) is 60.8 Å². The quantitative estimate of drug-likeness (QED) is 0.351. The number of hydrogen-bond donors (Lipinski definition) is 1. The van der Waals surface area contributed by atoms with Crippen LogP contribution in [0.5, 0.6) is 0 Å². The number of imidazole rings is 1. The lowest BCUT2D eigenvalue weighted by molar-refractivity contribution is -0.127. The molecule has 2 heterocycles. The van der Waals surface area contributed by atoms with Crippen LogP contribution in [0.3, 0.4) is 0 Å². The van der Waals surface area contributed by atoms with Gasteiger partial charge in [0.2, 0.25) is 5.91 Å². The molecule has 2 fully saturated rings. The van der Waals surface area contributed by atoms with Crippen molar-refractivity contribution in [1.29, 1.82) is 0 Å². The molecule has 2 aromatic heterocycles. The summed E-state index contributed by atoms with van der Waals surface area (Å²) in [5.41, 5.74) is 3.99. The van der Waals surface area contributed by atoms with Crippen molar-refractivity contribution in [2.75, 3.05) is 0 Å². The van der Waals surface area contributed by atoms with Gasteiger partial charge >= 0.3 is 0 Å². The molecule has 2 aliphatic carbocycles. The highest BCUT2D eigenvalue weighted by molar-refractivity contribution is 5.89. The number of rotatable bonds is 5. The predicted octanol–water partition coefficient (Wildman–Crippen LogP) is 6.82. The third-order valence-corrected chi connectivity index (χ3v) is 8.05. The minimum atomic E-state index is -0.246. The van der Waals surface area contributed by atoms with Crippen LogP contribution < -0.4 is 5.32 Å². The van der Waals surface area contributed by atoms with E-state index in [1.807, 2.05) is 18.3 Å². The second-order valence-electron chi connectivity index (χ2n) is 10.4. The summed E-state index contributed by atoms with van der Waals surface area (Å²) in [6.07, 6.45) is 13.6. The molecule has 0 saturated heterocycles. The van der Waals surface area contributed by atoms with E-state index in [0.29, 0.717) is 12.0 Å². The summed E-state index contributed by atoms with van der Waals surface area (Å²) in [7, 11) is 0.